The second kappa shape index (κ2) is 6.07. The first-order valence-electron chi connectivity index (χ1n) is 7.90. The van der Waals surface area contributed by atoms with E-state index in [0.29, 0.717) is 13.0 Å². The lowest BCUT2D eigenvalue weighted by Gasteiger charge is -2.59. The molecule has 2 atom stereocenters. The van der Waals surface area contributed by atoms with Crippen molar-refractivity contribution in [1.29, 1.82) is 0 Å². The van der Waals surface area contributed by atoms with Crippen LogP contribution in [0, 0.1) is 5.41 Å². The molecule has 0 radical (unpaired) electrons. The van der Waals surface area contributed by atoms with Gasteiger partial charge < -0.3 is 15.4 Å². The fraction of sp³-hybridized carbons (Fsp3) is 0.812. The first kappa shape index (κ1) is 16.5. The van der Waals surface area contributed by atoms with Gasteiger partial charge >= 0.3 is 0 Å². The Labute approximate surface area is 128 Å². The first-order valence-corrected chi connectivity index (χ1v) is 7.90. The molecule has 1 heterocycles. The van der Waals surface area contributed by atoms with Crippen molar-refractivity contribution in [2.75, 3.05) is 39.3 Å². The zero-order valence-electron chi connectivity index (χ0n) is 13.6. The molecule has 2 rings (SSSR count). The lowest BCUT2D eigenvalue weighted by Crippen LogP contribution is -2.76. The maximum atomic E-state index is 12.8. The van der Waals surface area contributed by atoms with Gasteiger partial charge in [0.1, 0.15) is 5.54 Å². The number of carbonyl (C=O) groups excluding carboxylic acids is 1. The Morgan fingerprint density at radius 1 is 1.38 bits per heavy atom. The van der Waals surface area contributed by atoms with Crippen molar-refractivity contribution in [3.05, 3.63) is 12.7 Å². The molecular weight excluding hydrogens is 266 g/mol. The molecule has 0 spiro atoms. The summed E-state index contributed by atoms with van der Waals surface area (Å²) in [5, 5.41) is 0. The molecule has 2 aliphatic rings. The monoisotopic (exact) mass is 295 g/mol. The summed E-state index contributed by atoms with van der Waals surface area (Å²) in [6.45, 7) is 14.7. The molecule has 1 aliphatic heterocycles. The summed E-state index contributed by atoms with van der Waals surface area (Å²) in [5.74, 6) is 0.0849. The van der Waals surface area contributed by atoms with Crippen molar-refractivity contribution in [3.63, 3.8) is 0 Å². The second-order valence-electron chi connectivity index (χ2n) is 6.72. The van der Waals surface area contributed by atoms with E-state index >= 15 is 0 Å². The van der Waals surface area contributed by atoms with E-state index in [4.69, 9.17) is 10.5 Å². The van der Waals surface area contributed by atoms with E-state index in [1.807, 2.05) is 31.7 Å². The highest BCUT2D eigenvalue weighted by atomic mass is 16.5. The zero-order chi connectivity index (χ0) is 15.7. The van der Waals surface area contributed by atoms with Crippen molar-refractivity contribution in [2.45, 2.75) is 38.8 Å². The number of hydrogen-bond donors (Lipinski definition) is 1. The molecule has 21 heavy (non-hydrogen) atoms. The number of nitrogens with two attached hydrogens (primary N) is 1. The predicted octanol–water partition coefficient (Wildman–Crippen LogP) is 0.849. The molecule has 120 valence electrons. The minimum atomic E-state index is -0.784. The number of hydrogen-bond acceptors (Lipinski definition) is 4. The van der Waals surface area contributed by atoms with Gasteiger partial charge in [0.2, 0.25) is 5.91 Å². The lowest BCUT2D eigenvalue weighted by molar-refractivity contribution is -0.180. The molecule has 2 N–H and O–H groups in total. The third-order valence-electron chi connectivity index (χ3n) is 5.26. The van der Waals surface area contributed by atoms with E-state index < -0.39 is 5.54 Å². The maximum Gasteiger partial charge on any atom is 0.243 e. The van der Waals surface area contributed by atoms with Crippen LogP contribution >= 0.6 is 0 Å². The molecule has 5 nitrogen and oxygen atoms in total. The highest BCUT2D eigenvalue weighted by Crippen LogP contribution is 2.50. The van der Waals surface area contributed by atoms with Crippen molar-refractivity contribution < 1.29 is 9.53 Å². The van der Waals surface area contributed by atoms with Crippen LogP contribution in [0.25, 0.3) is 0 Å². The van der Waals surface area contributed by atoms with Crippen molar-refractivity contribution in [3.8, 4) is 0 Å². The Morgan fingerprint density at radius 2 is 2.00 bits per heavy atom. The zero-order valence-corrected chi connectivity index (χ0v) is 13.6. The van der Waals surface area contributed by atoms with Crippen LogP contribution in [-0.2, 0) is 9.53 Å². The summed E-state index contributed by atoms with van der Waals surface area (Å²) >= 11 is 0. The van der Waals surface area contributed by atoms with E-state index in [0.717, 1.165) is 32.7 Å². The quantitative estimate of drug-likeness (QED) is 0.764. The van der Waals surface area contributed by atoms with Gasteiger partial charge in [-0.3, -0.25) is 9.69 Å². The van der Waals surface area contributed by atoms with Crippen molar-refractivity contribution >= 4 is 5.91 Å². The number of amides is 1. The molecule has 0 bridgehead atoms. The molecular formula is C16H29N3O2. The number of ether oxygens (including phenoxy) is 1. The summed E-state index contributed by atoms with van der Waals surface area (Å²) in [6.07, 6.45) is 2.61. The summed E-state index contributed by atoms with van der Waals surface area (Å²) in [7, 11) is 0. The Hall–Kier alpha value is -0.910. The van der Waals surface area contributed by atoms with Gasteiger partial charge in [-0.15, -0.1) is 6.58 Å². The molecule has 0 aromatic rings. The van der Waals surface area contributed by atoms with Gasteiger partial charge in [-0.1, -0.05) is 19.9 Å². The fourth-order valence-electron chi connectivity index (χ4n) is 3.40. The van der Waals surface area contributed by atoms with Crippen LogP contribution in [0.2, 0.25) is 0 Å². The maximum absolute atomic E-state index is 12.8. The normalized spacial score (nSPS) is 32.6. The third-order valence-corrected chi connectivity index (χ3v) is 5.26. The van der Waals surface area contributed by atoms with Gasteiger partial charge in [-0.05, 0) is 6.92 Å². The Kier molecular flexibility index (Phi) is 4.76. The fourth-order valence-corrected chi connectivity index (χ4v) is 3.40. The topological polar surface area (TPSA) is 58.8 Å². The minimum absolute atomic E-state index is 0.0819. The van der Waals surface area contributed by atoms with E-state index in [1.54, 1.807) is 0 Å². The average Bonchev–Trinajstić information content (AvgIpc) is 2.47. The van der Waals surface area contributed by atoms with E-state index in [-0.39, 0.29) is 17.4 Å². The SMILES string of the molecule is C=CCN1CCN(C(=O)C2(N)CC(OCC)C2(C)C)CC1. The third kappa shape index (κ3) is 2.74. The number of carbonyl (C=O) groups is 1. The molecule has 1 saturated heterocycles. The number of rotatable bonds is 5. The molecule has 5 heteroatoms. The summed E-state index contributed by atoms with van der Waals surface area (Å²) in [4.78, 5) is 17.1. The van der Waals surface area contributed by atoms with Gasteiger partial charge in [0, 0.05) is 51.2 Å². The van der Waals surface area contributed by atoms with Crippen LogP contribution in [0.1, 0.15) is 27.2 Å². The van der Waals surface area contributed by atoms with E-state index in [2.05, 4.69) is 11.5 Å². The van der Waals surface area contributed by atoms with Crippen LogP contribution in [0.3, 0.4) is 0 Å². The van der Waals surface area contributed by atoms with Gasteiger partial charge in [0.05, 0.1) is 6.10 Å². The van der Waals surface area contributed by atoms with Crippen LogP contribution in [0.15, 0.2) is 12.7 Å². The van der Waals surface area contributed by atoms with Gasteiger partial charge in [0.15, 0.2) is 0 Å². The predicted molar refractivity (Wildman–Crippen MR) is 83.9 cm³/mol. The van der Waals surface area contributed by atoms with Gasteiger partial charge in [-0.2, -0.15) is 0 Å². The van der Waals surface area contributed by atoms with Crippen molar-refractivity contribution in [2.24, 2.45) is 11.1 Å². The van der Waals surface area contributed by atoms with Gasteiger partial charge in [-0.25, -0.2) is 0 Å². The molecule has 1 amide bonds. The largest absolute Gasteiger partial charge is 0.378 e. The molecule has 0 aromatic heterocycles. The highest BCUT2D eigenvalue weighted by molar-refractivity contribution is 5.89. The number of nitrogens with zero attached hydrogens (tertiary/aromatic N) is 2. The summed E-state index contributed by atoms with van der Waals surface area (Å²) < 4.78 is 5.70. The first-order chi connectivity index (χ1) is 9.86. The summed E-state index contributed by atoms with van der Waals surface area (Å²) in [6, 6.07) is 0. The molecule has 2 unspecified atom stereocenters. The van der Waals surface area contributed by atoms with Crippen LogP contribution < -0.4 is 5.73 Å². The molecule has 0 aromatic carbocycles. The van der Waals surface area contributed by atoms with Crippen LogP contribution in [-0.4, -0.2) is 66.7 Å². The Balaban J connectivity index is 1.96. The number of piperazine rings is 1. The summed E-state index contributed by atoms with van der Waals surface area (Å²) in [5.41, 5.74) is 5.38. The molecule has 1 aliphatic carbocycles. The van der Waals surface area contributed by atoms with Crippen molar-refractivity contribution in [1.82, 2.24) is 9.80 Å². The smallest absolute Gasteiger partial charge is 0.243 e. The Morgan fingerprint density at radius 3 is 2.48 bits per heavy atom. The Bertz CT molecular complexity index is 402. The average molecular weight is 295 g/mol. The molecule has 1 saturated carbocycles. The van der Waals surface area contributed by atoms with Crippen LogP contribution in [0.4, 0.5) is 0 Å². The highest BCUT2D eigenvalue weighted by Gasteiger charge is 2.63. The van der Waals surface area contributed by atoms with E-state index in [9.17, 15) is 4.79 Å². The van der Waals surface area contributed by atoms with Crippen LogP contribution in [0.5, 0.6) is 0 Å². The minimum Gasteiger partial charge on any atom is -0.378 e. The van der Waals surface area contributed by atoms with Gasteiger partial charge in [0.25, 0.3) is 0 Å². The molecule has 2 fully saturated rings. The standard InChI is InChI=1S/C16H29N3O2/c1-5-7-18-8-10-19(11-9-18)14(20)16(17)12-13(21-6-2)15(16,3)4/h5,13H,1,6-12,17H2,2-4H3. The van der Waals surface area contributed by atoms with E-state index in [1.165, 1.54) is 0 Å². The lowest BCUT2D eigenvalue weighted by atomic mass is 9.54. The second-order valence-corrected chi connectivity index (χ2v) is 6.72.